The lowest BCUT2D eigenvalue weighted by atomic mass is 9.87. The summed E-state index contributed by atoms with van der Waals surface area (Å²) >= 11 is 0. The zero-order valence-electron chi connectivity index (χ0n) is 28.9. The Balaban J connectivity index is 1.43. The number of aryl methyl sites for hydroxylation is 2. The summed E-state index contributed by atoms with van der Waals surface area (Å²) < 4.78 is 106. The maximum atomic E-state index is 13.9. The Hall–Kier alpha value is -3.39. The highest BCUT2D eigenvalue weighted by molar-refractivity contribution is 5.75. The summed E-state index contributed by atoms with van der Waals surface area (Å²) in [7, 11) is 0. The van der Waals surface area contributed by atoms with Crippen LogP contribution in [0.5, 0.6) is 17.2 Å². The molecule has 4 rings (SSSR count). The predicted molar refractivity (Wildman–Crippen MR) is 174 cm³/mol. The lowest BCUT2D eigenvalue weighted by molar-refractivity contribution is -0.376. The SMILES string of the molecule is CCCCCCCCc1cc(C(O)(C(F)(F)F)C(F)(F)F)cc(CCC)c1OCCCCN1COC(CC)(c2ccc3c(c2)OCO3)NC1=O. The summed E-state index contributed by atoms with van der Waals surface area (Å²) in [4.78, 5) is 14.6. The minimum absolute atomic E-state index is 0.0286. The fraction of sp³-hybridized carbons (Fsp3) is 0.639. The number of benzene rings is 2. The summed E-state index contributed by atoms with van der Waals surface area (Å²) in [6.45, 7) is 6.32. The van der Waals surface area contributed by atoms with Crippen LogP contribution in [0.25, 0.3) is 0 Å². The monoisotopic (exact) mass is 718 g/mol. The van der Waals surface area contributed by atoms with Gasteiger partial charge in [0.25, 0.3) is 5.60 Å². The van der Waals surface area contributed by atoms with Crippen LogP contribution in [0.4, 0.5) is 31.1 Å². The number of unbranched alkanes of at least 4 members (excludes halogenated alkanes) is 6. The fourth-order valence-electron chi connectivity index (χ4n) is 6.35. The molecule has 2 aromatic carbocycles. The fourth-order valence-corrected chi connectivity index (χ4v) is 6.35. The highest BCUT2D eigenvalue weighted by atomic mass is 19.4. The van der Waals surface area contributed by atoms with Crippen LogP contribution in [0.15, 0.2) is 30.3 Å². The molecule has 2 aliphatic rings. The zero-order chi connectivity index (χ0) is 36.6. The van der Waals surface area contributed by atoms with Crippen LogP contribution < -0.4 is 19.5 Å². The van der Waals surface area contributed by atoms with E-state index in [1.807, 2.05) is 13.0 Å². The lowest BCUT2D eigenvalue weighted by Crippen LogP contribution is -2.59. The molecule has 0 radical (unpaired) electrons. The van der Waals surface area contributed by atoms with Gasteiger partial charge in [0, 0.05) is 17.7 Å². The van der Waals surface area contributed by atoms with Crippen molar-refractivity contribution in [2.24, 2.45) is 0 Å². The molecule has 8 nitrogen and oxygen atoms in total. The van der Waals surface area contributed by atoms with E-state index in [9.17, 15) is 36.2 Å². The number of rotatable bonds is 18. The maximum Gasteiger partial charge on any atom is 0.430 e. The van der Waals surface area contributed by atoms with Gasteiger partial charge in [-0.05, 0) is 73.9 Å². The van der Waals surface area contributed by atoms with Crippen molar-refractivity contribution >= 4 is 6.03 Å². The topological polar surface area (TPSA) is 89.5 Å². The number of fused-ring (bicyclic) bond motifs is 1. The number of nitrogens with zero attached hydrogens (tertiary/aromatic N) is 1. The van der Waals surface area contributed by atoms with Gasteiger partial charge in [-0.25, -0.2) is 4.79 Å². The van der Waals surface area contributed by atoms with Crippen molar-refractivity contribution in [1.82, 2.24) is 10.2 Å². The third-order valence-electron chi connectivity index (χ3n) is 9.27. The van der Waals surface area contributed by atoms with Crippen LogP contribution in [0.3, 0.4) is 0 Å². The highest BCUT2D eigenvalue weighted by Gasteiger charge is 2.71. The molecule has 1 fully saturated rings. The molecular weight excluding hydrogens is 670 g/mol. The minimum Gasteiger partial charge on any atom is -0.493 e. The summed E-state index contributed by atoms with van der Waals surface area (Å²) in [6, 6.07) is 6.63. The number of nitrogens with one attached hydrogen (secondary N) is 1. The molecule has 14 heteroatoms. The van der Waals surface area contributed by atoms with E-state index in [1.54, 1.807) is 19.1 Å². The van der Waals surface area contributed by atoms with Crippen molar-refractivity contribution < 1.29 is 55.2 Å². The average molecular weight is 719 g/mol. The molecule has 0 saturated carbocycles. The van der Waals surface area contributed by atoms with Gasteiger partial charge in [0.05, 0.1) is 6.61 Å². The van der Waals surface area contributed by atoms with Gasteiger partial charge in [-0.3, -0.25) is 0 Å². The first-order chi connectivity index (χ1) is 23.7. The Morgan fingerprint density at radius 2 is 1.50 bits per heavy atom. The molecular formula is C36H48F6N2O6. The quantitative estimate of drug-likeness (QED) is 0.118. The molecule has 1 atom stereocenters. The first-order valence-electron chi connectivity index (χ1n) is 17.5. The van der Waals surface area contributed by atoms with Crippen LogP contribution >= 0.6 is 0 Å². The average Bonchev–Trinajstić information content (AvgIpc) is 3.54. The molecule has 280 valence electrons. The Morgan fingerprint density at radius 1 is 0.840 bits per heavy atom. The smallest absolute Gasteiger partial charge is 0.430 e. The Labute approximate surface area is 289 Å². The number of urea groups is 1. The van der Waals surface area contributed by atoms with Crippen molar-refractivity contribution in [1.29, 1.82) is 0 Å². The van der Waals surface area contributed by atoms with Gasteiger partial charge in [-0.1, -0.05) is 65.4 Å². The minimum atomic E-state index is -5.99. The first-order valence-corrected chi connectivity index (χ1v) is 17.5. The van der Waals surface area contributed by atoms with Crippen LogP contribution in [0, 0.1) is 0 Å². The number of hydrogen-bond acceptors (Lipinski definition) is 6. The second-order valence-electron chi connectivity index (χ2n) is 12.9. The van der Waals surface area contributed by atoms with E-state index in [-0.39, 0.29) is 55.9 Å². The molecule has 1 unspecified atom stereocenters. The summed E-state index contributed by atoms with van der Waals surface area (Å²) in [5.74, 6) is 1.44. The van der Waals surface area contributed by atoms with Crippen LogP contribution in [-0.4, -0.2) is 55.1 Å². The largest absolute Gasteiger partial charge is 0.493 e. The second kappa shape index (κ2) is 16.8. The van der Waals surface area contributed by atoms with E-state index in [1.165, 1.54) is 4.90 Å². The number of carbonyl (C=O) groups excluding carboxylic acids is 1. The van der Waals surface area contributed by atoms with Gasteiger partial charge >= 0.3 is 18.4 Å². The van der Waals surface area contributed by atoms with Crippen molar-refractivity contribution in [2.45, 2.75) is 121 Å². The second-order valence-corrected chi connectivity index (χ2v) is 12.9. The van der Waals surface area contributed by atoms with Gasteiger partial charge in [-0.15, -0.1) is 0 Å². The van der Waals surface area contributed by atoms with Gasteiger partial charge in [0.15, 0.2) is 17.2 Å². The van der Waals surface area contributed by atoms with Crippen molar-refractivity contribution in [2.75, 3.05) is 26.7 Å². The van der Waals surface area contributed by atoms with E-state index >= 15 is 0 Å². The highest BCUT2D eigenvalue weighted by Crippen LogP contribution is 2.51. The number of halogens is 6. The standard InChI is InChI=1S/C36H48F6N2O6/c1-4-7-8-9-10-11-15-26-21-28(34(46,35(37,38)39)36(40,41)42)20-25(14-5-2)31(26)47-19-13-12-18-44-23-50-33(6-3,43-32(44)45)27-16-17-29-30(22-27)49-24-48-29/h16-17,20-22,46H,4-15,18-19,23-24H2,1-3H3,(H,43,45). The number of carbonyl (C=O) groups is 1. The molecule has 0 spiro atoms. The van der Waals surface area contributed by atoms with E-state index in [4.69, 9.17) is 18.9 Å². The predicted octanol–water partition coefficient (Wildman–Crippen LogP) is 9.00. The normalized spacial score (nSPS) is 18.0. The van der Waals surface area contributed by atoms with E-state index < -0.39 is 29.2 Å². The summed E-state index contributed by atoms with van der Waals surface area (Å²) in [5, 5.41) is 13.2. The lowest BCUT2D eigenvalue weighted by Gasteiger charge is -2.42. The third-order valence-corrected chi connectivity index (χ3v) is 9.27. The van der Waals surface area contributed by atoms with E-state index in [0.717, 1.165) is 49.8 Å². The number of ether oxygens (including phenoxy) is 4. The maximum absolute atomic E-state index is 13.9. The molecule has 0 bridgehead atoms. The molecule has 2 amide bonds. The van der Waals surface area contributed by atoms with Crippen molar-refractivity contribution in [3.05, 3.63) is 52.6 Å². The van der Waals surface area contributed by atoms with E-state index in [0.29, 0.717) is 50.1 Å². The van der Waals surface area contributed by atoms with Gasteiger partial charge in [0.1, 0.15) is 12.5 Å². The van der Waals surface area contributed by atoms with Gasteiger partial charge < -0.3 is 34.3 Å². The molecule has 2 aliphatic heterocycles. The van der Waals surface area contributed by atoms with Gasteiger partial charge in [-0.2, -0.15) is 26.3 Å². The van der Waals surface area contributed by atoms with Crippen LogP contribution in [-0.2, 0) is 28.9 Å². The van der Waals surface area contributed by atoms with Crippen molar-refractivity contribution in [3.8, 4) is 17.2 Å². The molecule has 2 aromatic rings. The summed E-state index contributed by atoms with van der Waals surface area (Å²) in [6.07, 6.45) is -4.52. The Kier molecular flexibility index (Phi) is 13.2. The van der Waals surface area contributed by atoms with Crippen molar-refractivity contribution in [3.63, 3.8) is 0 Å². The van der Waals surface area contributed by atoms with E-state index in [2.05, 4.69) is 12.2 Å². The molecule has 50 heavy (non-hydrogen) atoms. The molecule has 2 N–H and O–H groups in total. The molecule has 2 heterocycles. The van der Waals surface area contributed by atoms with Gasteiger partial charge in [0.2, 0.25) is 6.79 Å². The first kappa shape index (κ1) is 39.4. The molecule has 0 aliphatic carbocycles. The van der Waals surface area contributed by atoms with Crippen LogP contribution in [0.1, 0.15) is 107 Å². The number of alkyl halides is 6. The molecule has 0 aromatic heterocycles. The Morgan fingerprint density at radius 3 is 2.14 bits per heavy atom. The number of hydrogen-bond donors (Lipinski definition) is 2. The van der Waals surface area contributed by atoms with Crippen LogP contribution in [0.2, 0.25) is 0 Å². The summed E-state index contributed by atoms with van der Waals surface area (Å²) in [5.41, 5.74) is -6.21. The number of aliphatic hydroxyl groups is 1. The molecule has 1 saturated heterocycles. The third kappa shape index (κ3) is 8.72. The Bertz CT molecular complexity index is 1420. The zero-order valence-corrected chi connectivity index (χ0v) is 28.9. The number of amides is 2.